The number of benzene rings is 2. The predicted molar refractivity (Wildman–Crippen MR) is 99.8 cm³/mol. The molecule has 0 saturated carbocycles. The van der Waals surface area contributed by atoms with Gasteiger partial charge in [0.05, 0.1) is 6.61 Å². The molecular formula is C20H25O2P. The Kier molecular flexibility index (Phi) is 6.36. The Hall–Kier alpha value is -1.66. The molecule has 0 radical (unpaired) electrons. The summed E-state index contributed by atoms with van der Waals surface area (Å²) in [7, 11) is 0.150. The zero-order valence-electron chi connectivity index (χ0n) is 14.4. The molecule has 0 aliphatic carbocycles. The second-order valence-corrected chi connectivity index (χ2v) is 7.24. The van der Waals surface area contributed by atoms with Gasteiger partial charge in [0, 0.05) is 5.56 Å². The molecule has 2 nitrogen and oxygen atoms in total. The van der Waals surface area contributed by atoms with Gasteiger partial charge in [-0.1, -0.05) is 43.2 Å². The minimum atomic E-state index is 0.150. The van der Waals surface area contributed by atoms with E-state index >= 15 is 0 Å². The summed E-state index contributed by atoms with van der Waals surface area (Å²) in [5, 5.41) is 1.05. The molecule has 0 heterocycles. The average Bonchev–Trinajstić information content (AvgIpc) is 2.48. The van der Waals surface area contributed by atoms with Crippen LogP contribution in [0.1, 0.15) is 46.8 Å². The Morgan fingerprint density at radius 2 is 1.65 bits per heavy atom. The van der Waals surface area contributed by atoms with E-state index in [-0.39, 0.29) is 14.1 Å². The Bertz CT molecular complexity index is 652. The smallest absolute Gasteiger partial charge is 0.186 e. The predicted octanol–water partition coefficient (Wildman–Crippen LogP) is 4.93. The molecule has 0 fully saturated rings. The summed E-state index contributed by atoms with van der Waals surface area (Å²) in [5.74, 6) is 0.877. The highest BCUT2D eigenvalue weighted by Gasteiger charge is 2.13. The standard InChI is InChI=1S/C20H25O2P/c1-5-6-11-22-17-7-9-18(10-8-17)23-20(21)19-15(3)12-14(2)13-16(19)4/h7-10,12-13,23H,5-6,11H2,1-4H3. The molecule has 2 aromatic rings. The van der Waals surface area contributed by atoms with Gasteiger partial charge in [0.2, 0.25) is 0 Å². The quantitative estimate of drug-likeness (QED) is 0.532. The van der Waals surface area contributed by atoms with E-state index in [2.05, 4.69) is 26.0 Å². The van der Waals surface area contributed by atoms with E-state index in [1.807, 2.05) is 38.1 Å². The second-order valence-electron chi connectivity index (χ2n) is 5.95. The minimum Gasteiger partial charge on any atom is -0.494 e. The van der Waals surface area contributed by atoms with Gasteiger partial charge in [0.1, 0.15) is 5.75 Å². The third kappa shape index (κ3) is 4.91. The molecular weight excluding hydrogens is 303 g/mol. The summed E-state index contributed by atoms with van der Waals surface area (Å²) >= 11 is 0. The molecule has 0 spiro atoms. The fourth-order valence-corrected chi connectivity index (χ4v) is 3.82. The number of carbonyl (C=O) groups excluding carboxylic acids is 1. The zero-order valence-corrected chi connectivity index (χ0v) is 15.4. The van der Waals surface area contributed by atoms with Crippen molar-refractivity contribution >= 4 is 19.4 Å². The second kappa shape index (κ2) is 8.26. The summed E-state index contributed by atoms with van der Waals surface area (Å²) in [5.41, 5.74) is 4.42. The molecule has 122 valence electrons. The third-order valence-corrected chi connectivity index (χ3v) is 4.88. The van der Waals surface area contributed by atoms with Gasteiger partial charge in [-0.25, -0.2) is 0 Å². The van der Waals surface area contributed by atoms with Gasteiger partial charge >= 0.3 is 0 Å². The summed E-state index contributed by atoms with van der Waals surface area (Å²) in [6.45, 7) is 8.99. The maximum Gasteiger partial charge on any atom is 0.186 e. The van der Waals surface area contributed by atoms with Crippen molar-refractivity contribution in [2.24, 2.45) is 0 Å². The average molecular weight is 328 g/mol. The SMILES string of the molecule is CCCCOc1ccc(PC(=O)c2c(C)cc(C)cc2C)cc1. The van der Waals surface area contributed by atoms with E-state index in [0.29, 0.717) is 0 Å². The van der Waals surface area contributed by atoms with E-state index in [0.717, 1.165) is 47.2 Å². The van der Waals surface area contributed by atoms with E-state index in [1.54, 1.807) is 0 Å². The maximum absolute atomic E-state index is 12.6. The number of carbonyl (C=O) groups is 1. The first kappa shape index (κ1) is 17.7. The lowest BCUT2D eigenvalue weighted by atomic mass is 10.0. The van der Waals surface area contributed by atoms with Crippen LogP contribution < -0.4 is 10.0 Å². The summed E-state index contributed by atoms with van der Waals surface area (Å²) in [6, 6.07) is 12.1. The number of aryl methyl sites for hydroxylation is 3. The van der Waals surface area contributed by atoms with Gasteiger partial charge in [-0.3, -0.25) is 4.79 Å². The van der Waals surface area contributed by atoms with Crippen LogP contribution in [0.3, 0.4) is 0 Å². The molecule has 1 unspecified atom stereocenters. The number of unbranched alkanes of at least 4 members (excludes halogenated alkanes) is 1. The van der Waals surface area contributed by atoms with Crippen molar-refractivity contribution in [1.29, 1.82) is 0 Å². The van der Waals surface area contributed by atoms with E-state index in [9.17, 15) is 4.79 Å². The van der Waals surface area contributed by atoms with Crippen LogP contribution >= 0.6 is 8.58 Å². The van der Waals surface area contributed by atoms with Crippen molar-refractivity contribution in [3.63, 3.8) is 0 Å². The highest BCUT2D eigenvalue weighted by atomic mass is 31.1. The molecule has 1 atom stereocenters. The van der Waals surface area contributed by atoms with Gasteiger partial charge in [-0.15, -0.1) is 0 Å². The van der Waals surface area contributed by atoms with Crippen molar-refractivity contribution in [2.45, 2.75) is 40.5 Å². The van der Waals surface area contributed by atoms with Gasteiger partial charge in [0.15, 0.2) is 5.52 Å². The van der Waals surface area contributed by atoms with E-state index in [4.69, 9.17) is 4.74 Å². The molecule has 0 aliphatic rings. The molecule has 2 aromatic carbocycles. The summed E-state index contributed by atoms with van der Waals surface area (Å²) in [6.07, 6.45) is 2.19. The van der Waals surface area contributed by atoms with Crippen molar-refractivity contribution in [2.75, 3.05) is 6.61 Å². The van der Waals surface area contributed by atoms with Gasteiger partial charge in [-0.2, -0.15) is 0 Å². The van der Waals surface area contributed by atoms with Gasteiger partial charge < -0.3 is 4.74 Å². The van der Waals surface area contributed by atoms with Gasteiger partial charge in [-0.05, 0) is 64.3 Å². The number of hydrogen-bond donors (Lipinski definition) is 0. The van der Waals surface area contributed by atoms with Crippen LogP contribution in [0.4, 0.5) is 0 Å². The van der Waals surface area contributed by atoms with Crippen LogP contribution in [-0.4, -0.2) is 12.1 Å². The van der Waals surface area contributed by atoms with Gasteiger partial charge in [0.25, 0.3) is 0 Å². The maximum atomic E-state index is 12.6. The molecule has 0 N–H and O–H groups in total. The molecule has 0 aromatic heterocycles. The first-order valence-electron chi connectivity index (χ1n) is 8.13. The molecule has 0 amide bonds. The lowest BCUT2D eigenvalue weighted by Crippen LogP contribution is -2.05. The van der Waals surface area contributed by atoms with Crippen LogP contribution in [0.2, 0.25) is 0 Å². The third-order valence-electron chi connectivity index (χ3n) is 3.78. The first-order chi connectivity index (χ1) is 11.0. The molecule has 3 heteroatoms. The van der Waals surface area contributed by atoms with E-state index < -0.39 is 0 Å². The number of rotatable bonds is 7. The molecule has 0 bridgehead atoms. The highest BCUT2D eigenvalue weighted by molar-refractivity contribution is 7.66. The Balaban J connectivity index is 2.06. The minimum absolute atomic E-state index is 0.150. The lowest BCUT2D eigenvalue weighted by Gasteiger charge is -2.11. The van der Waals surface area contributed by atoms with Crippen LogP contribution in [0.25, 0.3) is 0 Å². The number of ether oxygens (including phenoxy) is 1. The number of hydrogen-bond acceptors (Lipinski definition) is 2. The summed E-state index contributed by atoms with van der Waals surface area (Å²) in [4.78, 5) is 12.6. The normalized spacial score (nSPS) is 11.1. The van der Waals surface area contributed by atoms with Crippen LogP contribution in [0.5, 0.6) is 5.75 Å². The topological polar surface area (TPSA) is 26.3 Å². The Morgan fingerprint density at radius 1 is 1.04 bits per heavy atom. The van der Waals surface area contributed by atoms with Crippen LogP contribution in [0, 0.1) is 20.8 Å². The Labute approximate surface area is 141 Å². The first-order valence-corrected chi connectivity index (χ1v) is 9.13. The molecule has 2 rings (SSSR count). The Morgan fingerprint density at radius 3 is 2.22 bits per heavy atom. The van der Waals surface area contributed by atoms with Crippen molar-refractivity contribution in [3.8, 4) is 5.75 Å². The summed E-state index contributed by atoms with van der Waals surface area (Å²) < 4.78 is 5.66. The monoisotopic (exact) mass is 328 g/mol. The molecule has 0 saturated heterocycles. The van der Waals surface area contributed by atoms with Crippen molar-refractivity contribution in [1.82, 2.24) is 0 Å². The van der Waals surface area contributed by atoms with Crippen LogP contribution in [0.15, 0.2) is 36.4 Å². The van der Waals surface area contributed by atoms with Crippen molar-refractivity contribution in [3.05, 3.63) is 58.7 Å². The fraction of sp³-hybridized carbons (Fsp3) is 0.350. The molecule has 0 aliphatic heterocycles. The molecule has 23 heavy (non-hydrogen) atoms. The highest BCUT2D eigenvalue weighted by Crippen LogP contribution is 2.25. The zero-order chi connectivity index (χ0) is 16.8. The largest absolute Gasteiger partial charge is 0.494 e. The van der Waals surface area contributed by atoms with Crippen molar-refractivity contribution < 1.29 is 9.53 Å². The van der Waals surface area contributed by atoms with E-state index in [1.165, 1.54) is 5.56 Å². The van der Waals surface area contributed by atoms with Crippen LogP contribution in [-0.2, 0) is 0 Å². The lowest BCUT2D eigenvalue weighted by molar-refractivity contribution is 0.108. The fourth-order valence-electron chi connectivity index (χ4n) is 2.70.